The van der Waals surface area contributed by atoms with E-state index in [1.807, 2.05) is 6.92 Å². The first-order valence-corrected chi connectivity index (χ1v) is 5.97. The predicted octanol–water partition coefficient (Wildman–Crippen LogP) is 2.48. The van der Waals surface area contributed by atoms with Crippen LogP contribution in [-0.2, 0) is 6.42 Å². The van der Waals surface area contributed by atoms with Crippen molar-refractivity contribution in [2.75, 3.05) is 0 Å². The second-order valence-corrected chi connectivity index (χ2v) is 4.48. The summed E-state index contributed by atoms with van der Waals surface area (Å²) in [5.41, 5.74) is 0.977. The zero-order valence-electron chi connectivity index (χ0n) is 9.04. The molecule has 0 saturated heterocycles. The maximum absolute atomic E-state index is 9.20. The number of hydrogen-bond donors (Lipinski definition) is 0. The lowest BCUT2D eigenvalue weighted by Crippen LogP contribution is -1.91. The second kappa shape index (κ2) is 3.71. The van der Waals surface area contributed by atoms with Crippen molar-refractivity contribution in [1.82, 2.24) is 14.6 Å². The number of hydrogen-bond acceptors (Lipinski definition) is 5. The Kier molecular flexibility index (Phi) is 2.20. The van der Waals surface area contributed by atoms with E-state index in [0.29, 0.717) is 17.1 Å². The molecule has 0 bridgehead atoms. The summed E-state index contributed by atoms with van der Waals surface area (Å²) in [6.07, 6.45) is 2.41. The fourth-order valence-corrected chi connectivity index (χ4v) is 2.45. The van der Waals surface area contributed by atoms with Crippen LogP contribution >= 0.6 is 11.3 Å². The first-order chi connectivity index (χ1) is 8.33. The molecule has 0 aliphatic carbocycles. The van der Waals surface area contributed by atoms with Crippen molar-refractivity contribution in [2.45, 2.75) is 13.3 Å². The molecule has 17 heavy (non-hydrogen) atoms. The van der Waals surface area contributed by atoms with E-state index in [9.17, 15) is 5.26 Å². The fraction of sp³-hybridized carbons (Fsp3) is 0.182. The molecule has 0 aromatic carbocycles. The highest BCUT2D eigenvalue weighted by Gasteiger charge is 2.18. The molecular formula is C11H8N4OS. The first-order valence-electron chi connectivity index (χ1n) is 5.16. The number of imidazole rings is 1. The molecule has 0 saturated carbocycles. The minimum absolute atomic E-state index is 0.422. The summed E-state index contributed by atoms with van der Waals surface area (Å²) in [5, 5.41) is 14.5. The van der Waals surface area contributed by atoms with Crippen LogP contribution in [0, 0.1) is 11.3 Å². The molecule has 0 radical (unpaired) electrons. The van der Waals surface area contributed by atoms with Gasteiger partial charge >= 0.3 is 0 Å². The van der Waals surface area contributed by atoms with Gasteiger partial charge in [-0.2, -0.15) is 14.9 Å². The molecule has 0 N–H and O–H groups in total. The van der Waals surface area contributed by atoms with Crippen LogP contribution in [-0.4, -0.2) is 14.6 Å². The predicted molar refractivity (Wildman–Crippen MR) is 62.7 cm³/mol. The molecule has 0 amide bonds. The Balaban J connectivity index is 2.27. The van der Waals surface area contributed by atoms with E-state index in [1.165, 1.54) is 11.3 Å². The van der Waals surface area contributed by atoms with Crippen molar-refractivity contribution in [3.05, 3.63) is 29.1 Å². The summed E-state index contributed by atoms with van der Waals surface area (Å²) in [6.45, 7) is 2.03. The Bertz CT molecular complexity index is 702. The topological polar surface area (TPSA) is 67.1 Å². The standard InChI is InChI=1S/C11H8N4OS/c1-2-9-14-15-7(6-12)10(13-11(15)17-9)8-4-3-5-16-8/h3-5H,2H2,1H3. The quantitative estimate of drug-likeness (QED) is 0.694. The highest BCUT2D eigenvalue weighted by molar-refractivity contribution is 7.16. The van der Waals surface area contributed by atoms with Gasteiger partial charge in [-0.1, -0.05) is 18.3 Å². The van der Waals surface area contributed by atoms with Gasteiger partial charge < -0.3 is 4.42 Å². The average molecular weight is 244 g/mol. The Morgan fingerprint density at radius 1 is 1.59 bits per heavy atom. The number of furan rings is 1. The van der Waals surface area contributed by atoms with Gasteiger partial charge in [0.15, 0.2) is 11.5 Å². The summed E-state index contributed by atoms with van der Waals surface area (Å²) in [5.74, 6) is 0.595. The molecule has 5 nitrogen and oxygen atoms in total. The summed E-state index contributed by atoms with van der Waals surface area (Å²) in [7, 11) is 0. The van der Waals surface area contributed by atoms with Crippen molar-refractivity contribution in [1.29, 1.82) is 5.26 Å². The number of nitriles is 1. The third-order valence-electron chi connectivity index (χ3n) is 2.41. The first kappa shape index (κ1) is 10.1. The molecule has 3 aromatic rings. The number of nitrogens with zero attached hydrogens (tertiary/aromatic N) is 4. The van der Waals surface area contributed by atoms with Crippen LogP contribution in [0.25, 0.3) is 16.4 Å². The molecule has 0 spiro atoms. The van der Waals surface area contributed by atoms with Crippen LogP contribution in [0.2, 0.25) is 0 Å². The van der Waals surface area contributed by atoms with E-state index in [2.05, 4.69) is 16.2 Å². The summed E-state index contributed by atoms with van der Waals surface area (Å²) >= 11 is 1.49. The Hall–Kier alpha value is -2.13. The Labute approximate surface area is 101 Å². The lowest BCUT2D eigenvalue weighted by molar-refractivity contribution is 0.580. The highest BCUT2D eigenvalue weighted by Crippen LogP contribution is 2.26. The van der Waals surface area contributed by atoms with E-state index in [1.54, 1.807) is 22.9 Å². The van der Waals surface area contributed by atoms with Crippen LogP contribution in [0.1, 0.15) is 17.6 Å². The van der Waals surface area contributed by atoms with Crippen LogP contribution in [0.3, 0.4) is 0 Å². The molecular weight excluding hydrogens is 236 g/mol. The van der Waals surface area contributed by atoms with Crippen LogP contribution < -0.4 is 0 Å². The summed E-state index contributed by atoms with van der Waals surface area (Å²) in [6, 6.07) is 5.69. The number of fused-ring (bicyclic) bond motifs is 1. The Morgan fingerprint density at radius 3 is 3.12 bits per heavy atom. The Morgan fingerprint density at radius 2 is 2.47 bits per heavy atom. The molecule has 3 aromatic heterocycles. The van der Waals surface area contributed by atoms with Crippen molar-refractivity contribution in [3.63, 3.8) is 0 Å². The van der Waals surface area contributed by atoms with E-state index in [-0.39, 0.29) is 0 Å². The van der Waals surface area contributed by atoms with Gasteiger partial charge in [0.1, 0.15) is 16.8 Å². The van der Waals surface area contributed by atoms with Gasteiger partial charge in [0, 0.05) is 0 Å². The number of aryl methyl sites for hydroxylation is 1. The molecule has 0 unspecified atom stereocenters. The van der Waals surface area contributed by atoms with Gasteiger partial charge in [-0.25, -0.2) is 4.98 Å². The van der Waals surface area contributed by atoms with Crippen LogP contribution in [0.15, 0.2) is 22.8 Å². The van der Waals surface area contributed by atoms with Crippen molar-refractivity contribution in [2.24, 2.45) is 0 Å². The summed E-state index contributed by atoms with van der Waals surface area (Å²) < 4.78 is 6.85. The SMILES string of the molecule is CCc1nn2c(C#N)c(-c3ccco3)nc2s1. The van der Waals surface area contributed by atoms with Gasteiger partial charge in [0.2, 0.25) is 4.96 Å². The normalized spacial score (nSPS) is 10.8. The molecule has 0 atom stereocenters. The molecule has 0 aliphatic rings. The third kappa shape index (κ3) is 1.44. The maximum atomic E-state index is 9.20. The lowest BCUT2D eigenvalue weighted by Gasteiger charge is -1.90. The van der Waals surface area contributed by atoms with E-state index in [4.69, 9.17) is 4.42 Å². The smallest absolute Gasteiger partial charge is 0.214 e. The lowest BCUT2D eigenvalue weighted by atomic mass is 10.3. The maximum Gasteiger partial charge on any atom is 0.214 e. The van der Waals surface area contributed by atoms with Gasteiger partial charge in [-0.05, 0) is 18.6 Å². The minimum Gasteiger partial charge on any atom is -0.463 e. The zero-order chi connectivity index (χ0) is 11.8. The number of rotatable bonds is 2. The summed E-state index contributed by atoms with van der Waals surface area (Å²) in [4.78, 5) is 5.12. The average Bonchev–Trinajstić information content (AvgIpc) is 3.02. The molecule has 84 valence electrons. The van der Waals surface area contributed by atoms with Gasteiger partial charge in [0.05, 0.1) is 6.26 Å². The fourth-order valence-electron chi connectivity index (χ4n) is 1.62. The van der Waals surface area contributed by atoms with Crippen molar-refractivity contribution in [3.8, 4) is 17.5 Å². The van der Waals surface area contributed by atoms with Gasteiger partial charge in [-0.15, -0.1) is 0 Å². The van der Waals surface area contributed by atoms with E-state index < -0.39 is 0 Å². The number of aromatic nitrogens is 3. The molecule has 3 rings (SSSR count). The largest absolute Gasteiger partial charge is 0.463 e. The molecule has 3 heterocycles. The van der Waals surface area contributed by atoms with E-state index >= 15 is 0 Å². The van der Waals surface area contributed by atoms with Gasteiger partial charge in [0.25, 0.3) is 0 Å². The molecule has 6 heteroatoms. The van der Waals surface area contributed by atoms with Crippen molar-refractivity contribution >= 4 is 16.3 Å². The van der Waals surface area contributed by atoms with Crippen LogP contribution in [0.4, 0.5) is 0 Å². The molecule has 0 aliphatic heterocycles. The monoisotopic (exact) mass is 244 g/mol. The van der Waals surface area contributed by atoms with E-state index in [0.717, 1.165) is 16.4 Å². The second-order valence-electron chi connectivity index (χ2n) is 3.44. The highest BCUT2D eigenvalue weighted by atomic mass is 32.1. The van der Waals surface area contributed by atoms with Gasteiger partial charge in [-0.3, -0.25) is 0 Å². The van der Waals surface area contributed by atoms with Crippen molar-refractivity contribution < 1.29 is 4.42 Å². The zero-order valence-corrected chi connectivity index (χ0v) is 9.86. The molecule has 0 fully saturated rings. The minimum atomic E-state index is 0.422. The third-order valence-corrected chi connectivity index (χ3v) is 3.46. The van der Waals surface area contributed by atoms with Crippen LogP contribution in [0.5, 0.6) is 0 Å².